The summed E-state index contributed by atoms with van der Waals surface area (Å²) in [5.41, 5.74) is 3.34. The first-order chi connectivity index (χ1) is 13.1. The first kappa shape index (κ1) is 19.4. The number of benzene rings is 2. The molecule has 5 heteroatoms. The summed E-state index contributed by atoms with van der Waals surface area (Å²) < 4.78 is 3.19. The molecule has 0 radical (unpaired) electrons. The molecule has 0 saturated carbocycles. The molecule has 0 aliphatic heterocycles. The number of nitrogens with zero attached hydrogens (tertiary/aromatic N) is 2. The zero-order valence-corrected chi connectivity index (χ0v) is 17.1. The fourth-order valence-electron chi connectivity index (χ4n) is 2.95. The molecule has 0 saturated heterocycles. The Morgan fingerprint density at radius 2 is 1.74 bits per heavy atom. The summed E-state index contributed by atoms with van der Waals surface area (Å²) in [5, 5.41) is 2.98. The monoisotopic (exact) mass is 425 g/mol. The number of imidazole rings is 1. The van der Waals surface area contributed by atoms with E-state index >= 15 is 0 Å². The fraction of sp³-hybridized carbons (Fsp3) is 0.273. The van der Waals surface area contributed by atoms with E-state index in [0.717, 1.165) is 41.8 Å². The van der Waals surface area contributed by atoms with Crippen LogP contribution in [0.3, 0.4) is 0 Å². The van der Waals surface area contributed by atoms with Gasteiger partial charge in [-0.25, -0.2) is 4.98 Å². The summed E-state index contributed by atoms with van der Waals surface area (Å²) in [6.45, 7) is 2.78. The van der Waals surface area contributed by atoms with Crippen LogP contribution in [0.1, 0.15) is 36.2 Å². The minimum Gasteiger partial charge on any atom is -0.331 e. The second kappa shape index (κ2) is 9.51. The number of aryl methyl sites for hydroxylation is 2. The summed E-state index contributed by atoms with van der Waals surface area (Å²) in [6, 6.07) is 16.4. The molecule has 1 N–H and O–H groups in total. The minimum atomic E-state index is 0.0732. The number of aromatic nitrogens is 2. The number of carbonyl (C=O) groups excluding carboxylic acids is 1. The Balaban J connectivity index is 1.40. The molecule has 27 heavy (non-hydrogen) atoms. The number of amides is 1. The van der Waals surface area contributed by atoms with Gasteiger partial charge in [0.25, 0.3) is 0 Å². The molecule has 0 unspecified atom stereocenters. The average molecular weight is 426 g/mol. The molecule has 1 amide bonds. The van der Waals surface area contributed by atoms with Crippen molar-refractivity contribution in [2.45, 2.75) is 39.2 Å². The maximum Gasteiger partial charge on any atom is 0.224 e. The van der Waals surface area contributed by atoms with E-state index in [0.29, 0.717) is 6.42 Å². The Hall–Kier alpha value is -2.40. The Bertz CT molecular complexity index is 869. The highest BCUT2D eigenvalue weighted by Gasteiger charge is 2.04. The number of anilines is 1. The van der Waals surface area contributed by atoms with Gasteiger partial charge >= 0.3 is 0 Å². The molecule has 0 aliphatic carbocycles. The summed E-state index contributed by atoms with van der Waals surface area (Å²) in [6.07, 6.45) is 7.23. The molecule has 0 bridgehead atoms. The highest BCUT2D eigenvalue weighted by Crippen LogP contribution is 2.14. The van der Waals surface area contributed by atoms with Gasteiger partial charge in [0.05, 0.1) is 0 Å². The van der Waals surface area contributed by atoms with Gasteiger partial charge in [0.1, 0.15) is 5.82 Å². The number of unbranched alkanes of at least 4 members (excludes halogenated alkanes) is 1. The number of halogens is 1. The normalized spacial score (nSPS) is 10.7. The molecule has 140 valence electrons. The lowest BCUT2D eigenvalue weighted by atomic mass is 10.1. The van der Waals surface area contributed by atoms with Crippen LogP contribution in [0.4, 0.5) is 5.69 Å². The zero-order valence-electron chi connectivity index (χ0n) is 15.5. The smallest absolute Gasteiger partial charge is 0.224 e. The standard InChI is InChI=1S/C22H24BrN3O/c1-17-24-14-15-26(17)16-19-8-12-21(13-9-19)25-22(27)5-3-2-4-18-6-10-20(23)11-7-18/h6-15H,2-5,16H2,1H3,(H,25,27). The van der Waals surface area contributed by atoms with Crippen molar-refractivity contribution in [2.24, 2.45) is 0 Å². The molecule has 3 aromatic rings. The first-order valence-electron chi connectivity index (χ1n) is 9.21. The van der Waals surface area contributed by atoms with Crippen LogP contribution in [0.15, 0.2) is 65.4 Å². The fourth-order valence-corrected chi connectivity index (χ4v) is 3.21. The van der Waals surface area contributed by atoms with Crippen molar-refractivity contribution >= 4 is 27.5 Å². The second-order valence-electron chi connectivity index (χ2n) is 6.68. The summed E-state index contributed by atoms with van der Waals surface area (Å²) >= 11 is 3.44. The maximum atomic E-state index is 12.1. The topological polar surface area (TPSA) is 46.9 Å². The molecule has 0 atom stereocenters. The van der Waals surface area contributed by atoms with Crippen molar-refractivity contribution in [3.8, 4) is 0 Å². The van der Waals surface area contributed by atoms with E-state index in [1.54, 1.807) is 6.20 Å². The van der Waals surface area contributed by atoms with Crippen molar-refractivity contribution in [2.75, 3.05) is 5.32 Å². The Kier molecular flexibility index (Phi) is 6.82. The zero-order chi connectivity index (χ0) is 19.1. The molecular weight excluding hydrogens is 402 g/mol. The third-order valence-corrected chi connectivity index (χ3v) is 5.08. The lowest BCUT2D eigenvalue weighted by molar-refractivity contribution is -0.116. The third-order valence-electron chi connectivity index (χ3n) is 4.55. The van der Waals surface area contributed by atoms with Gasteiger partial charge in [-0.05, 0) is 61.6 Å². The second-order valence-corrected chi connectivity index (χ2v) is 7.60. The maximum absolute atomic E-state index is 12.1. The SMILES string of the molecule is Cc1nccn1Cc1ccc(NC(=O)CCCCc2ccc(Br)cc2)cc1. The van der Waals surface area contributed by atoms with Crippen LogP contribution in [-0.4, -0.2) is 15.5 Å². The van der Waals surface area contributed by atoms with Crippen LogP contribution in [0.2, 0.25) is 0 Å². The van der Waals surface area contributed by atoms with Crippen molar-refractivity contribution < 1.29 is 4.79 Å². The number of hydrogen-bond acceptors (Lipinski definition) is 2. The van der Waals surface area contributed by atoms with E-state index in [1.165, 1.54) is 11.1 Å². The Morgan fingerprint density at radius 3 is 2.41 bits per heavy atom. The molecule has 0 aliphatic rings. The average Bonchev–Trinajstić information content (AvgIpc) is 3.06. The van der Waals surface area contributed by atoms with Gasteiger partial charge in [0, 0.05) is 35.5 Å². The van der Waals surface area contributed by atoms with Crippen LogP contribution in [0.25, 0.3) is 0 Å². The number of carbonyl (C=O) groups is 1. The van der Waals surface area contributed by atoms with Crippen LogP contribution >= 0.6 is 15.9 Å². The van der Waals surface area contributed by atoms with Crippen LogP contribution in [-0.2, 0) is 17.8 Å². The predicted octanol–water partition coefficient (Wildman–Crippen LogP) is 5.35. The van der Waals surface area contributed by atoms with E-state index in [9.17, 15) is 4.79 Å². The summed E-state index contributed by atoms with van der Waals surface area (Å²) in [5.74, 6) is 1.07. The van der Waals surface area contributed by atoms with Crippen molar-refractivity contribution in [3.63, 3.8) is 0 Å². The van der Waals surface area contributed by atoms with Crippen molar-refractivity contribution in [1.82, 2.24) is 9.55 Å². The van der Waals surface area contributed by atoms with Gasteiger partial charge in [0.15, 0.2) is 0 Å². The van der Waals surface area contributed by atoms with Gasteiger partial charge in [-0.1, -0.05) is 40.2 Å². The van der Waals surface area contributed by atoms with E-state index in [1.807, 2.05) is 37.4 Å². The molecule has 1 aromatic heterocycles. The van der Waals surface area contributed by atoms with Crippen LogP contribution in [0.5, 0.6) is 0 Å². The molecule has 0 spiro atoms. The van der Waals surface area contributed by atoms with Crippen molar-refractivity contribution in [3.05, 3.63) is 82.3 Å². The van der Waals surface area contributed by atoms with E-state index in [2.05, 4.69) is 55.1 Å². The molecule has 4 nitrogen and oxygen atoms in total. The van der Waals surface area contributed by atoms with E-state index in [-0.39, 0.29) is 5.91 Å². The molecule has 0 fully saturated rings. The van der Waals surface area contributed by atoms with E-state index in [4.69, 9.17) is 0 Å². The van der Waals surface area contributed by atoms with Gasteiger partial charge in [-0.15, -0.1) is 0 Å². The van der Waals surface area contributed by atoms with E-state index < -0.39 is 0 Å². The quantitative estimate of drug-likeness (QED) is 0.494. The van der Waals surface area contributed by atoms with Crippen molar-refractivity contribution in [1.29, 1.82) is 0 Å². The lowest BCUT2D eigenvalue weighted by Crippen LogP contribution is -2.11. The Labute approximate surface area is 168 Å². The minimum absolute atomic E-state index is 0.0732. The number of rotatable bonds is 8. The number of hydrogen-bond donors (Lipinski definition) is 1. The largest absolute Gasteiger partial charge is 0.331 e. The molecular formula is C22H24BrN3O. The molecule has 2 aromatic carbocycles. The van der Waals surface area contributed by atoms with Gasteiger partial charge in [-0.2, -0.15) is 0 Å². The van der Waals surface area contributed by atoms with Crippen LogP contribution in [0, 0.1) is 6.92 Å². The summed E-state index contributed by atoms with van der Waals surface area (Å²) in [4.78, 5) is 16.4. The summed E-state index contributed by atoms with van der Waals surface area (Å²) in [7, 11) is 0. The van der Waals surface area contributed by atoms with Gasteiger partial charge < -0.3 is 9.88 Å². The highest BCUT2D eigenvalue weighted by atomic mass is 79.9. The highest BCUT2D eigenvalue weighted by molar-refractivity contribution is 9.10. The molecule has 3 rings (SSSR count). The third kappa shape index (κ3) is 6.07. The van der Waals surface area contributed by atoms with Gasteiger partial charge in [0.2, 0.25) is 5.91 Å². The number of nitrogens with one attached hydrogen (secondary N) is 1. The Morgan fingerprint density at radius 1 is 1.04 bits per heavy atom. The predicted molar refractivity (Wildman–Crippen MR) is 113 cm³/mol. The van der Waals surface area contributed by atoms with Gasteiger partial charge in [-0.3, -0.25) is 4.79 Å². The molecule has 1 heterocycles. The first-order valence-corrected chi connectivity index (χ1v) is 10.0. The lowest BCUT2D eigenvalue weighted by Gasteiger charge is -2.08. The van der Waals surface area contributed by atoms with Crippen LogP contribution < -0.4 is 5.32 Å².